The molecule has 1 fully saturated rings. The van der Waals surface area contributed by atoms with Crippen LogP contribution in [0.5, 0.6) is 0 Å². The Labute approximate surface area is 206 Å². The summed E-state index contributed by atoms with van der Waals surface area (Å²) in [6, 6.07) is 8.88. The fourth-order valence-corrected chi connectivity index (χ4v) is 4.12. The van der Waals surface area contributed by atoms with Gasteiger partial charge in [0.1, 0.15) is 5.82 Å². The topological polar surface area (TPSA) is 148 Å². The Morgan fingerprint density at radius 3 is 2.57 bits per heavy atom. The minimum Gasteiger partial charge on any atom is -0.365 e. The number of amides is 2. The second kappa shape index (κ2) is 10.7. The van der Waals surface area contributed by atoms with E-state index in [0.717, 1.165) is 31.7 Å². The van der Waals surface area contributed by atoms with E-state index in [4.69, 9.17) is 23.1 Å². The van der Waals surface area contributed by atoms with Crippen molar-refractivity contribution in [1.29, 1.82) is 0 Å². The average molecular weight is 498 g/mol. The monoisotopic (exact) mass is 497 g/mol. The minimum absolute atomic E-state index is 0.0294. The molecule has 1 aliphatic rings. The summed E-state index contributed by atoms with van der Waals surface area (Å²) < 4.78 is 14.7. The van der Waals surface area contributed by atoms with E-state index in [9.17, 15) is 14.0 Å². The number of benzene rings is 1. The smallest absolute Gasteiger partial charge is 0.255 e. The minimum atomic E-state index is -0.849. The van der Waals surface area contributed by atoms with Crippen molar-refractivity contribution in [2.75, 3.05) is 16.0 Å². The van der Waals surface area contributed by atoms with Crippen molar-refractivity contribution >= 4 is 46.4 Å². The highest BCUT2D eigenvalue weighted by atomic mass is 35.5. The van der Waals surface area contributed by atoms with Gasteiger partial charge in [-0.3, -0.25) is 14.6 Å². The van der Waals surface area contributed by atoms with Gasteiger partial charge in [-0.15, -0.1) is 0 Å². The SMILES string of the molecule is NC(=O)c1cc(F)c(NC2CCCCC2N)nc1Nc1cncc(NC(=O)c2cccc(Cl)c2)c1. The Bertz CT molecular complexity index is 1260. The molecule has 3 aromatic rings. The quantitative estimate of drug-likeness (QED) is 0.330. The number of nitrogens with one attached hydrogen (secondary N) is 3. The van der Waals surface area contributed by atoms with Gasteiger partial charge in [-0.25, -0.2) is 9.37 Å². The number of carbonyl (C=O) groups is 2. The predicted molar refractivity (Wildman–Crippen MR) is 133 cm³/mol. The van der Waals surface area contributed by atoms with Gasteiger partial charge in [-0.05, 0) is 43.2 Å². The third kappa shape index (κ3) is 6.03. The largest absolute Gasteiger partial charge is 0.365 e. The van der Waals surface area contributed by atoms with Crippen molar-refractivity contribution in [3.63, 3.8) is 0 Å². The number of pyridine rings is 2. The average Bonchev–Trinajstić information content (AvgIpc) is 2.82. The highest BCUT2D eigenvalue weighted by Gasteiger charge is 2.24. The number of primary amides is 1. The number of anilines is 4. The molecule has 0 radical (unpaired) electrons. The lowest BCUT2D eigenvalue weighted by Gasteiger charge is -2.30. The van der Waals surface area contributed by atoms with Gasteiger partial charge in [0, 0.05) is 22.7 Å². The molecule has 2 amide bonds. The molecule has 0 spiro atoms. The zero-order chi connectivity index (χ0) is 24.9. The molecule has 1 aromatic carbocycles. The molecule has 1 saturated carbocycles. The van der Waals surface area contributed by atoms with Crippen molar-refractivity contribution in [2.24, 2.45) is 11.5 Å². The normalized spacial score (nSPS) is 17.5. The number of halogens is 2. The molecule has 2 atom stereocenters. The molecule has 35 heavy (non-hydrogen) atoms. The van der Waals surface area contributed by atoms with Crippen LogP contribution in [0.2, 0.25) is 5.02 Å². The van der Waals surface area contributed by atoms with Crippen LogP contribution in [-0.2, 0) is 0 Å². The maximum Gasteiger partial charge on any atom is 0.255 e. The molecule has 1 aliphatic carbocycles. The van der Waals surface area contributed by atoms with Crippen molar-refractivity contribution in [3.8, 4) is 0 Å². The van der Waals surface area contributed by atoms with E-state index in [2.05, 4.69) is 25.9 Å². The zero-order valence-electron chi connectivity index (χ0n) is 18.7. The van der Waals surface area contributed by atoms with Crippen molar-refractivity contribution in [3.05, 3.63) is 70.8 Å². The molecule has 182 valence electrons. The number of aromatic nitrogens is 2. The lowest BCUT2D eigenvalue weighted by Crippen LogP contribution is -2.43. The molecule has 4 rings (SSSR count). The first-order valence-corrected chi connectivity index (χ1v) is 11.5. The summed E-state index contributed by atoms with van der Waals surface area (Å²) in [5.74, 6) is -1.91. The van der Waals surface area contributed by atoms with Crippen LogP contribution in [0.4, 0.5) is 27.4 Å². The van der Waals surface area contributed by atoms with E-state index >= 15 is 0 Å². The Morgan fingerprint density at radius 1 is 1.06 bits per heavy atom. The first kappa shape index (κ1) is 24.4. The number of nitrogens with two attached hydrogens (primary N) is 2. The summed E-state index contributed by atoms with van der Waals surface area (Å²) >= 11 is 5.96. The Hall–Kier alpha value is -3.76. The van der Waals surface area contributed by atoms with Gasteiger partial charge in [-0.1, -0.05) is 30.5 Å². The van der Waals surface area contributed by atoms with Gasteiger partial charge in [0.2, 0.25) is 0 Å². The van der Waals surface area contributed by atoms with E-state index in [0.29, 0.717) is 22.0 Å². The molecule has 2 unspecified atom stereocenters. The van der Waals surface area contributed by atoms with Crippen LogP contribution in [-0.4, -0.2) is 33.9 Å². The van der Waals surface area contributed by atoms with E-state index in [1.807, 2.05) is 0 Å². The summed E-state index contributed by atoms with van der Waals surface area (Å²) in [6.07, 6.45) is 6.56. The van der Waals surface area contributed by atoms with Crippen molar-refractivity contribution < 1.29 is 14.0 Å². The molecule has 2 aromatic heterocycles. The van der Waals surface area contributed by atoms with Gasteiger partial charge in [0.05, 0.1) is 29.3 Å². The summed E-state index contributed by atoms with van der Waals surface area (Å²) in [6.45, 7) is 0. The Morgan fingerprint density at radius 2 is 1.83 bits per heavy atom. The molecule has 0 aliphatic heterocycles. The standard InChI is InChI=1S/C24H25ClFN7O2/c25-14-5-3-4-13(8-14)24(35)31-16-9-15(11-29-12-16)30-22-17(21(28)34)10-18(26)23(33-22)32-20-7-2-1-6-19(20)27/h3-5,8-12,19-20H,1-2,6-7,27H2,(H2,28,34)(H,31,35)(H2,30,32,33). The van der Waals surface area contributed by atoms with Crippen molar-refractivity contribution in [2.45, 2.75) is 37.8 Å². The van der Waals surface area contributed by atoms with Crippen LogP contribution in [0.1, 0.15) is 46.4 Å². The summed E-state index contributed by atoms with van der Waals surface area (Å²) in [7, 11) is 0. The Kier molecular flexibility index (Phi) is 7.42. The van der Waals surface area contributed by atoms with Crippen molar-refractivity contribution in [1.82, 2.24) is 9.97 Å². The van der Waals surface area contributed by atoms with E-state index in [-0.39, 0.29) is 35.2 Å². The van der Waals surface area contributed by atoms with Gasteiger partial charge in [-0.2, -0.15) is 0 Å². The van der Waals surface area contributed by atoms with Gasteiger partial charge in [0.15, 0.2) is 11.6 Å². The third-order valence-corrected chi connectivity index (χ3v) is 5.96. The predicted octanol–water partition coefficient (Wildman–Crippen LogP) is 4.05. The molecule has 11 heteroatoms. The summed E-state index contributed by atoms with van der Waals surface area (Å²) in [4.78, 5) is 32.9. The number of carbonyl (C=O) groups excluding carboxylic acids is 2. The molecule has 7 N–H and O–H groups in total. The first-order valence-electron chi connectivity index (χ1n) is 11.1. The highest BCUT2D eigenvalue weighted by molar-refractivity contribution is 6.31. The van der Waals surface area contributed by atoms with Crippen LogP contribution in [0, 0.1) is 5.82 Å². The van der Waals surface area contributed by atoms with Crippen LogP contribution < -0.4 is 27.4 Å². The lowest BCUT2D eigenvalue weighted by atomic mass is 9.91. The lowest BCUT2D eigenvalue weighted by molar-refractivity contribution is 0.0997. The number of hydrogen-bond acceptors (Lipinski definition) is 7. The fraction of sp³-hybridized carbons (Fsp3) is 0.250. The zero-order valence-corrected chi connectivity index (χ0v) is 19.5. The van der Waals surface area contributed by atoms with Gasteiger partial charge in [0.25, 0.3) is 11.8 Å². The van der Waals surface area contributed by atoms with Crippen LogP contribution in [0.15, 0.2) is 48.8 Å². The maximum absolute atomic E-state index is 14.7. The molecule has 9 nitrogen and oxygen atoms in total. The molecule has 2 heterocycles. The number of hydrogen-bond donors (Lipinski definition) is 5. The number of rotatable bonds is 7. The summed E-state index contributed by atoms with van der Waals surface area (Å²) in [5.41, 5.74) is 12.7. The Balaban J connectivity index is 1.56. The van der Waals surface area contributed by atoms with E-state index in [1.165, 1.54) is 12.4 Å². The molecular weight excluding hydrogens is 473 g/mol. The number of nitrogens with zero attached hydrogens (tertiary/aromatic N) is 2. The maximum atomic E-state index is 14.7. The van der Waals surface area contributed by atoms with Gasteiger partial charge < -0.3 is 27.4 Å². The second-order valence-electron chi connectivity index (χ2n) is 8.33. The fourth-order valence-electron chi connectivity index (χ4n) is 3.93. The third-order valence-electron chi connectivity index (χ3n) is 5.73. The van der Waals surface area contributed by atoms with Crippen LogP contribution in [0.3, 0.4) is 0 Å². The first-order chi connectivity index (χ1) is 16.8. The van der Waals surface area contributed by atoms with E-state index in [1.54, 1.807) is 30.3 Å². The van der Waals surface area contributed by atoms with Gasteiger partial charge >= 0.3 is 0 Å². The highest BCUT2D eigenvalue weighted by Crippen LogP contribution is 2.27. The molecular formula is C24H25ClFN7O2. The summed E-state index contributed by atoms with van der Waals surface area (Å²) in [5, 5.41) is 9.18. The van der Waals surface area contributed by atoms with Crippen LogP contribution in [0.25, 0.3) is 0 Å². The second-order valence-corrected chi connectivity index (χ2v) is 8.77. The molecule has 0 saturated heterocycles. The van der Waals surface area contributed by atoms with E-state index < -0.39 is 11.7 Å². The molecule has 0 bridgehead atoms. The van der Waals surface area contributed by atoms with Crippen LogP contribution >= 0.6 is 11.6 Å².